The van der Waals surface area contributed by atoms with Crippen LogP contribution in [0, 0.1) is 17.0 Å². The van der Waals surface area contributed by atoms with Crippen molar-refractivity contribution in [2.24, 2.45) is 0 Å². The van der Waals surface area contributed by atoms with Crippen LogP contribution in [0.25, 0.3) is 11.0 Å². The van der Waals surface area contributed by atoms with E-state index in [0.29, 0.717) is 5.52 Å². The first-order valence-electron chi connectivity index (χ1n) is 6.38. The minimum Gasteiger partial charge on any atom is -0.279 e. The van der Waals surface area contributed by atoms with Crippen molar-refractivity contribution in [3.63, 3.8) is 0 Å². The molecule has 3 rings (SSSR count). The number of hydrogen-bond donors (Lipinski definition) is 1. The summed E-state index contributed by atoms with van der Waals surface area (Å²) in [7, 11) is -4.01. The third-order valence-corrected chi connectivity index (χ3v) is 4.68. The van der Waals surface area contributed by atoms with Gasteiger partial charge in [-0.2, -0.15) is 0 Å². The number of nitrogens with one attached hydrogen (secondary N) is 1. The minimum atomic E-state index is -4.01. The van der Waals surface area contributed by atoms with Gasteiger partial charge in [0.1, 0.15) is 10.4 Å². The number of fused-ring (bicyclic) bond motifs is 1. The van der Waals surface area contributed by atoms with Crippen LogP contribution in [0.5, 0.6) is 0 Å². The van der Waals surface area contributed by atoms with Gasteiger partial charge in [0.05, 0.1) is 16.2 Å². The highest BCUT2D eigenvalue weighted by molar-refractivity contribution is 7.93. The van der Waals surface area contributed by atoms with Gasteiger partial charge in [-0.25, -0.2) is 13.0 Å². The van der Waals surface area contributed by atoms with E-state index in [0.717, 1.165) is 0 Å². The molecule has 23 heavy (non-hydrogen) atoms. The number of sulfonamides is 1. The van der Waals surface area contributed by atoms with Crippen molar-refractivity contribution in [2.45, 2.75) is 11.8 Å². The van der Waals surface area contributed by atoms with Crippen molar-refractivity contribution in [1.82, 2.24) is 10.3 Å². The minimum absolute atomic E-state index is 0.0862. The van der Waals surface area contributed by atoms with Gasteiger partial charge in [-0.3, -0.25) is 14.8 Å². The maximum absolute atomic E-state index is 12.6. The zero-order chi connectivity index (χ0) is 16.6. The number of aromatic nitrogens is 2. The lowest BCUT2D eigenvalue weighted by Gasteiger charge is -2.10. The van der Waals surface area contributed by atoms with Gasteiger partial charge in [0.2, 0.25) is 0 Å². The van der Waals surface area contributed by atoms with E-state index in [1.54, 1.807) is 6.07 Å². The molecule has 0 saturated heterocycles. The highest BCUT2D eigenvalue weighted by Crippen LogP contribution is 2.28. The third-order valence-electron chi connectivity index (χ3n) is 3.28. The van der Waals surface area contributed by atoms with Crippen LogP contribution in [-0.2, 0) is 10.0 Å². The normalized spacial score (nSPS) is 11.5. The first kappa shape index (κ1) is 14.9. The fourth-order valence-electron chi connectivity index (χ4n) is 2.13. The zero-order valence-electron chi connectivity index (χ0n) is 11.8. The zero-order valence-corrected chi connectivity index (χ0v) is 12.6. The summed E-state index contributed by atoms with van der Waals surface area (Å²) in [6, 6.07) is 8.56. The van der Waals surface area contributed by atoms with Crippen LogP contribution >= 0.6 is 0 Å². The summed E-state index contributed by atoms with van der Waals surface area (Å²) in [5.41, 5.74) is 0.539. The van der Waals surface area contributed by atoms with Crippen LogP contribution < -0.4 is 4.72 Å². The molecular weight excluding hydrogens is 324 g/mol. The molecule has 0 unspecified atom stereocenters. The Morgan fingerprint density at radius 1 is 1.17 bits per heavy atom. The van der Waals surface area contributed by atoms with E-state index in [9.17, 15) is 18.5 Å². The molecule has 0 atom stereocenters. The van der Waals surface area contributed by atoms with E-state index in [4.69, 9.17) is 0 Å². The summed E-state index contributed by atoms with van der Waals surface area (Å²) in [5.74, 6) is 0. The SMILES string of the molecule is Cc1c(NS(=O)(=O)c2cccc3nonc23)cccc1[N+](=O)[O-]. The fourth-order valence-corrected chi connectivity index (χ4v) is 3.40. The molecule has 0 radical (unpaired) electrons. The number of benzene rings is 2. The van der Waals surface area contributed by atoms with Crippen LogP contribution in [-0.4, -0.2) is 23.7 Å². The molecule has 0 fully saturated rings. The highest BCUT2D eigenvalue weighted by Gasteiger charge is 2.23. The van der Waals surface area contributed by atoms with Gasteiger partial charge in [0.25, 0.3) is 15.7 Å². The van der Waals surface area contributed by atoms with Gasteiger partial charge in [-0.15, -0.1) is 0 Å². The molecule has 118 valence electrons. The lowest BCUT2D eigenvalue weighted by Crippen LogP contribution is -2.14. The summed E-state index contributed by atoms with van der Waals surface area (Å²) in [6.45, 7) is 1.47. The second-order valence-electron chi connectivity index (χ2n) is 4.70. The van der Waals surface area contributed by atoms with Crippen LogP contribution in [0.15, 0.2) is 45.9 Å². The lowest BCUT2D eigenvalue weighted by atomic mass is 10.2. The number of rotatable bonds is 4. The lowest BCUT2D eigenvalue weighted by molar-refractivity contribution is -0.385. The van der Waals surface area contributed by atoms with Gasteiger partial charge in [-0.1, -0.05) is 12.1 Å². The molecule has 1 aromatic heterocycles. The van der Waals surface area contributed by atoms with Crippen molar-refractivity contribution in [2.75, 3.05) is 4.72 Å². The Hall–Kier alpha value is -3.01. The Bertz CT molecular complexity index is 1010. The van der Waals surface area contributed by atoms with E-state index >= 15 is 0 Å². The molecule has 0 saturated carbocycles. The molecular formula is C13H10N4O5S. The van der Waals surface area contributed by atoms with Crippen LogP contribution in [0.1, 0.15) is 5.56 Å². The Morgan fingerprint density at radius 3 is 2.65 bits per heavy atom. The van der Waals surface area contributed by atoms with E-state index in [1.165, 1.54) is 37.3 Å². The molecule has 2 aromatic carbocycles. The number of nitrogens with zero attached hydrogens (tertiary/aromatic N) is 3. The molecule has 1 heterocycles. The summed E-state index contributed by atoms with van der Waals surface area (Å²) in [6.07, 6.45) is 0. The predicted octanol–water partition coefficient (Wildman–Crippen LogP) is 2.24. The molecule has 0 amide bonds. The van der Waals surface area contributed by atoms with Gasteiger partial charge >= 0.3 is 0 Å². The van der Waals surface area contributed by atoms with Crippen molar-refractivity contribution < 1.29 is 18.0 Å². The predicted molar refractivity (Wildman–Crippen MR) is 80.4 cm³/mol. The van der Waals surface area contributed by atoms with E-state index in [-0.39, 0.29) is 27.4 Å². The number of nitro groups is 1. The molecule has 10 heteroatoms. The maximum atomic E-state index is 12.6. The molecule has 3 aromatic rings. The summed E-state index contributed by atoms with van der Waals surface area (Å²) in [4.78, 5) is 10.3. The molecule has 0 aliphatic carbocycles. The van der Waals surface area contributed by atoms with E-state index in [2.05, 4.69) is 19.7 Å². The summed E-state index contributed by atoms with van der Waals surface area (Å²) >= 11 is 0. The van der Waals surface area contributed by atoms with E-state index in [1.807, 2.05) is 0 Å². The Balaban J connectivity index is 2.08. The van der Waals surface area contributed by atoms with Gasteiger partial charge in [-0.05, 0) is 35.4 Å². The standard InChI is InChI=1S/C13H10N4O5S/c1-8-9(4-2-6-11(8)17(18)19)16-23(20,21)12-7-3-5-10-13(12)15-22-14-10/h2-7,16H,1H3. The Kier molecular flexibility index (Phi) is 3.45. The molecule has 0 aliphatic rings. The van der Waals surface area contributed by atoms with Gasteiger partial charge in [0, 0.05) is 6.07 Å². The van der Waals surface area contributed by atoms with Crippen LogP contribution in [0.2, 0.25) is 0 Å². The number of anilines is 1. The third kappa shape index (κ3) is 2.59. The van der Waals surface area contributed by atoms with Crippen molar-refractivity contribution in [3.8, 4) is 0 Å². The monoisotopic (exact) mass is 334 g/mol. The molecule has 9 nitrogen and oxygen atoms in total. The molecule has 0 spiro atoms. The van der Waals surface area contributed by atoms with Gasteiger partial charge < -0.3 is 0 Å². The van der Waals surface area contributed by atoms with Gasteiger partial charge in [0.15, 0.2) is 5.52 Å². The molecule has 1 N–H and O–H groups in total. The smallest absolute Gasteiger partial charge is 0.274 e. The second-order valence-corrected chi connectivity index (χ2v) is 6.35. The maximum Gasteiger partial charge on any atom is 0.274 e. The van der Waals surface area contributed by atoms with E-state index < -0.39 is 14.9 Å². The van der Waals surface area contributed by atoms with Crippen molar-refractivity contribution in [1.29, 1.82) is 0 Å². The highest BCUT2D eigenvalue weighted by atomic mass is 32.2. The summed E-state index contributed by atoms with van der Waals surface area (Å²) in [5, 5.41) is 18.1. The summed E-state index contributed by atoms with van der Waals surface area (Å²) < 4.78 is 32.0. The fraction of sp³-hybridized carbons (Fsp3) is 0.0769. The average molecular weight is 334 g/mol. The Morgan fingerprint density at radius 2 is 1.91 bits per heavy atom. The van der Waals surface area contributed by atoms with Crippen LogP contribution in [0.3, 0.4) is 0 Å². The first-order valence-corrected chi connectivity index (χ1v) is 7.86. The van der Waals surface area contributed by atoms with Crippen molar-refractivity contribution >= 4 is 32.4 Å². The molecule has 0 bridgehead atoms. The largest absolute Gasteiger partial charge is 0.279 e. The molecule has 0 aliphatic heterocycles. The first-order chi connectivity index (χ1) is 10.9. The number of nitro benzene ring substituents is 1. The average Bonchev–Trinajstić information content (AvgIpc) is 2.97. The van der Waals surface area contributed by atoms with Crippen LogP contribution in [0.4, 0.5) is 11.4 Å². The number of hydrogen-bond acceptors (Lipinski definition) is 7. The topological polar surface area (TPSA) is 128 Å². The second kappa shape index (κ2) is 5.32. The Labute approximate surface area is 130 Å². The quantitative estimate of drug-likeness (QED) is 0.572. The van der Waals surface area contributed by atoms with Crippen molar-refractivity contribution in [3.05, 3.63) is 52.1 Å².